The van der Waals surface area contributed by atoms with Crippen molar-refractivity contribution in [2.75, 3.05) is 0 Å². The molecule has 0 saturated heterocycles. The Morgan fingerprint density at radius 1 is 1.40 bits per heavy atom. The van der Waals surface area contributed by atoms with Crippen molar-refractivity contribution in [3.05, 3.63) is 41.5 Å². The van der Waals surface area contributed by atoms with Gasteiger partial charge in [-0.05, 0) is 18.2 Å². The fourth-order valence-corrected chi connectivity index (χ4v) is 1.29. The normalized spacial score (nSPS) is 11.3. The van der Waals surface area contributed by atoms with Gasteiger partial charge in [-0.2, -0.15) is 18.2 Å². The molecule has 106 valence electrons. The highest BCUT2D eigenvalue weighted by Crippen LogP contribution is 2.27. The number of benzene rings is 1. The maximum Gasteiger partial charge on any atom is 0.471 e. The first-order valence-corrected chi connectivity index (χ1v) is 5.22. The molecule has 1 heterocycles. The number of carboxylic acids is 1. The van der Waals surface area contributed by atoms with E-state index in [1.54, 1.807) is 0 Å². The van der Waals surface area contributed by atoms with E-state index in [0.717, 1.165) is 0 Å². The quantitative estimate of drug-likeness (QED) is 0.929. The number of halogens is 3. The van der Waals surface area contributed by atoms with Crippen LogP contribution in [0.3, 0.4) is 0 Å². The summed E-state index contributed by atoms with van der Waals surface area (Å²) in [6.07, 6.45) is -4.71. The van der Waals surface area contributed by atoms with E-state index in [-0.39, 0.29) is 23.7 Å². The summed E-state index contributed by atoms with van der Waals surface area (Å²) in [6, 6.07) is 5.48. The molecule has 0 aliphatic heterocycles. The first-order chi connectivity index (χ1) is 9.36. The zero-order valence-corrected chi connectivity index (χ0v) is 9.72. The summed E-state index contributed by atoms with van der Waals surface area (Å²) < 4.78 is 45.7. The molecular formula is C11H7F3N2O4. The Labute approximate surface area is 109 Å². The first kappa shape index (κ1) is 13.8. The van der Waals surface area contributed by atoms with Gasteiger partial charge < -0.3 is 14.4 Å². The van der Waals surface area contributed by atoms with E-state index < -0.39 is 18.0 Å². The average Bonchev–Trinajstić information content (AvgIpc) is 2.85. The monoisotopic (exact) mass is 288 g/mol. The topological polar surface area (TPSA) is 85.5 Å². The lowest BCUT2D eigenvalue weighted by Gasteiger charge is -2.03. The van der Waals surface area contributed by atoms with Gasteiger partial charge >= 0.3 is 18.0 Å². The molecule has 0 spiro atoms. The maximum absolute atomic E-state index is 12.2. The zero-order chi connectivity index (χ0) is 14.8. The molecule has 2 rings (SSSR count). The van der Waals surface area contributed by atoms with Gasteiger partial charge in [-0.1, -0.05) is 11.2 Å². The van der Waals surface area contributed by atoms with Gasteiger partial charge in [0.2, 0.25) is 5.82 Å². The SMILES string of the molecule is O=C(O)c1cccc(OCc2noc(C(F)(F)F)n2)c1. The minimum atomic E-state index is -4.71. The highest BCUT2D eigenvalue weighted by Gasteiger charge is 2.38. The first-order valence-electron chi connectivity index (χ1n) is 5.22. The summed E-state index contributed by atoms with van der Waals surface area (Å²) in [5, 5.41) is 11.9. The van der Waals surface area contributed by atoms with Crippen LogP contribution in [0.4, 0.5) is 13.2 Å². The molecule has 6 nitrogen and oxygen atoms in total. The van der Waals surface area contributed by atoms with E-state index in [4.69, 9.17) is 9.84 Å². The summed E-state index contributed by atoms with van der Waals surface area (Å²) in [5.74, 6) is -2.73. The summed E-state index contributed by atoms with van der Waals surface area (Å²) in [6.45, 7) is -0.372. The molecule has 2 aromatic rings. The Kier molecular flexibility index (Phi) is 3.59. The highest BCUT2D eigenvalue weighted by molar-refractivity contribution is 5.87. The molecule has 20 heavy (non-hydrogen) atoms. The van der Waals surface area contributed by atoms with Crippen molar-refractivity contribution in [3.8, 4) is 5.75 Å². The van der Waals surface area contributed by atoms with Crippen LogP contribution in [0.15, 0.2) is 28.8 Å². The largest absolute Gasteiger partial charge is 0.485 e. The summed E-state index contributed by atoms with van der Waals surface area (Å²) in [7, 11) is 0. The van der Waals surface area contributed by atoms with Crippen LogP contribution >= 0.6 is 0 Å². The second-order valence-electron chi connectivity index (χ2n) is 3.64. The van der Waals surface area contributed by atoms with Crippen LogP contribution in [0, 0.1) is 0 Å². The molecule has 1 N–H and O–H groups in total. The molecule has 0 unspecified atom stereocenters. The number of aromatic nitrogens is 2. The highest BCUT2D eigenvalue weighted by atomic mass is 19.4. The van der Waals surface area contributed by atoms with Crippen molar-refractivity contribution in [3.63, 3.8) is 0 Å². The molecule has 0 fully saturated rings. The lowest BCUT2D eigenvalue weighted by Crippen LogP contribution is -2.06. The predicted molar refractivity (Wildman–Crippen MR) is 57.0 cm³/mol. The van der Waals surface area contributed by atoms with Crippen molar-refractivity contribution in [2.24, 2.45) is 0 Å². The zero-order valence-electron chi connectivity index (χ0n) is 9.72. The number of hydrogen-bond donors (Lipinski definition) is 1. The third-order valence-electron chi connectivity index (χ3n) is 2.16. The van der Waals surface area contributed by atoms with Gasteiger partial charge in [-0.3, -0.25) is 0 Å². The van der Waals surface area contributed by atoms with E-state index >= 15 is 0 Å². The molecule has 1 aromatic heterocycles. The fraction of sp³-hybridized carbons (Fsp3) is 0.182. The van der Waals surface area contributed by atoms with Crippen LogP contribution in [-0.2, 0) is 12.8 Å². The van der Waals surface area contributed by atoms with Crippen LogP contribution in [-0.4, -0.2) is 21.2 Å². The second-order valence-corrected chi connectivity index (χ2v) is 3.64. The second kappa shape index (κ2) is 5.19. The predicted octanol–water partition coefficient (Wildman–Crippen LogP) is 2.37. The molecule has 0 bridgehead atoms. The van der Waals surface area contributed by atoms with Crippen molar-refractivity contribution >= 4 is 5.97 Å². The average molecular weight is 288 g/mol. The molecule has 9 heteroatoms. The lowest BCUT2D eigenvalue weighted by atomic mass is 10.2. The Morgan fingerprint density at radius 3 is 2.75 bits per heavy atom. The van der Waals surface area contributed by atoms with Gasteiger partial charge in [-0.25, -0.2) is 4.79 Å². The number of carboxylic acid groups (broad SMARTS) is 1. The number of hydrogen-bond acceptors (Lipinski definition) is 5. The van der Waals surface area contributed by atoms with E-state index in [2.05, 4.69) is 14.7 Å². The third-order valence-corrected chi connectivity index (χ3v) is 2.16. The van der Waals surface area contributed by atoms with Crippen molar-refractivity contribution in [1.82, 2.24) is 10.1 Å². The van der Waals surface area contributed by atoms with Gasteiger partial charge in [-0.15, -0.1) is 0 Å². The van der Waals surface area contributed by atoms with E-state index in [1.807, 2.05) is 0 Å². The Hall–Kier alpha value is -2.58. The maximum atomic E-state index is 12.2. The Balaban J connectivity index is 2.04. The number of carbonyl (C=O) groups is 1. The van der Waals surface area contributed by atoms with Crippen LogP contribution in [0.25, 0.3) is 0 Å². The van der Waals surface area contributed by atoms with Gasteiger partial charge in [0.1, 0.15) is 5.75 Å². The van der Waals surface area contributed by atoms with E-state index in [9.17, 15) is 18.0 Å². The Morgan fingerprint density at radius 2 is 2.15 bits per heavy atom. The van der Waals surface area contributed by atoms with Crippen LogP contribution < -0.4 is 4.74 Å². The summed E-state index contributed by atoms with van der Waals surface area (Å²) in [4.78, 5) is 13.8. The van der Waals surface area contributed by atoms with Crippen molar-refractivity contribution in [1.29, 1.82) is 0 Å². The standard InChI is InChI=1S/C11H7F3N2O4/c12-11(13,14)10-15-8(16-20-10)5-19-7-3-1-2-6(4-7)9(17)18/h1-4H,5H2,(H,17,18). The van der Waals surface area contributed by atoms with Crippen LogP contribution in [0.5, 0.6) is 5.75 Å². The van der Waals surface area contributed by atoms with Crippen LogP contribution in [0.1, 0.15) is 22.1 Å². The molecule has 0 amide bonds. The number of alkyl halides is 3. The number of aromatic carboxylic acids is 1. The van der Waals surface area contributed by atoms with Gasteiger partial charge in [0, 0.05) is 0 Å². The van der Waals surface area contributed by atoms with Crippen LogP contribution in [0.2, 0.25) is 0 Å². The van der Waals surface area contributed by atoms with E-state index in [0.29, 0.717) is 0 Å². The van der Waals surface area contributed by atoms with Crippen molar-refractivity contribution in [2.45, 2.75) is 12.8 Å². The molecule has 0 aliphatic rings. The van der Waals surface area contributed by atoms with E-state index in [1.165, 1.54) is 24.3 Å². The molecule has 0 atom stereocenters. The third kappa shape index (κ3) is 3.25. The fourth-order valence-electron chi connectivity index (χ4n) is 1.29. The van der Waals surface area contributed by atoms with Gasteiger partial charge in [0.25, 0.3) is 0 Å². The molecule has 0 aliphatic carbocycles. The minimum Gasteiger partial charge on any atom is -0.485 e. The number of ether oxygens (including phenoxy) is 1. The summed E-state index contributed by atoms with van der Waals surface area (Å²) in [5.41, 5.74) is -0.00778. The smallest absolute Gasteiger partial charge is 0.471 e. The molecule has 0 radical (unpaired) electrons. The molecule has 1 aromatic carbocycles. The lowest BCUT2D eigenvalue weighted by molar-refractivity contribution is -0.159. The number of rotatable bonds is 4. The summed E-state index contributed by atoms with van der Waals surface area (Å²) >= 11 is 0. The molecular weight excluding hydrogens is 281 g/mol. The van der Waals surface area contributed by atoms with Gasteiger partial charge in [0.05, 0.1) is 5.56 Å². The number of nitrogens with zero attached hydrogens (tertiary/aromatic N) is 2. The van der Waals surface area contributed by atoms with Gasteiger partial charge in [0.15, 0.2) is 6.61 Å². The Bertz CT molecular complexity index is 624. The van der Waals surface area contributed by atoms with Crippen molar-refractivity contribution < 1.29 is 32.3 Å². The minimum absolute atomic E-state index is 0.00778. The molecule has 0 saturated carbocycles.